The molecule has 3 aromatic rings. The topological polar surface area (TPSA) is 76.8 Å². The number of pyridine rings is 1. The molecule has 0 atom stereocenters. The lowest BCUT2D eigenvalue weighted by Gasteiger charge is -2.06. The molecule has 0 radical (unpaired) electrons. The first-order valence-corrected chi connectivity index (χ1v) is 6.78. The van der Waals surface area contributed by atoms with E-state index in [1.807, 2.05) is 49.4 Å². The number of anilines is 1. The van der Waals surface area contributed by atoms with Crippen LogP contribution in [-0.2, 0) is 0 Å². The van der Waals surface area contributed by atoms with Crippen molar-refractivity contribution < 1.29 is 4.74 Å². The lowest BCUT2D eigenvalue weighted by molar-refractivity contribution is 0.340. The predicted octanol–water partition coefficient (Wildman–Crippen LogP) is 3.12. The van der Waals surface area contributed by atoms with Gasteiger partial charge in [0.1, 0.15) is 5.75 Å². The third-order valence-electron chi connectivity index (χ3n) is 3.17. The number of aromatic amines is 1. The number of H-pyrrole nitrogens is 1. The molecule has 0 unspecified atom stereocenters. The van der Waals surface area contributed by atoms with Gasteiger partial charge in [0.2, 0.25) is 0 Å². The number of benzene rings is 1. The Hall–Kier alpha value is -2.82. The lowest BCUT2D eigenvalue weighted by Crippen LogP contribution is -1.92. The number of nitrogen functional groups attached to an aromatic ring is 1. The smallest absolute Gasteiger partial charge is 0.155 e. The number of hydrogen-bond acceptors (Lipinski definition) is 4. The molecular weight excluding hydrogens is 264 g/mol. The predicted molar refractivity (Wildman–Crippen MR) is 82.8 cm³/mol. The molecule has 5 heteroatoms. The molecule has 2 aromatic heterocycles. The molecule has 0 spiro atoms. The molecule has 0 saturated heterocycles. The molecule has 21 heavy (non-hydrogen) atoms. The van der Waals surface area contributed by atoms with Crippen LogP contribution in [0.15, 0.2) is 48.7 Å². The molecule has 0 fully saturated rings. The van der Waals surface area contributed by atoms with Gasteiger partial charge in [0.15, 0.2) is 5.82 Å². The Bertz CT molecular complexity index is 720. The molecule has 106 valence electrons. The van der Waals surface area contributed by atoms with E-state index < -0.39 is 0 Å². The second kappa shape index (κ2) is 5.66. The molecule has 0 aliphatic heterocycles. The van der Waals surface area contributed by atoms with E-state index in [-0.39, 0.29) is 0 Å². The van der Waals surface area contributed by atoms with Crippen molar-refractivity contribution in [2.75, 3.05) is 12.3 Å². The maximum atomic E-state index is 5.98. The molecule has 1 aromatic carbocycles. The molecule has 3 rings (SSSR count). The summed E-state index contributed by atoms with van der Waals surface area (Å²) in [5.41, 5.74) is 9.44. The van der Waals surface area contributed by atoms with Gasteiger partial charge in [-0.3, -0.25) is 10.1 Å². The van der Waals surface area contributed by atoms with Crippen molar-refractivity contribution in [1.29, 1.82) is 0 Å². The highest BCUT2D eigenvalue weighted by molar-refractivity contribution is 5.86. The van der Waals surface area contributed by atoms with Crippen LogP contribution in [0.25, 0.3) is 22.5 Å². The number of aromatic nitrogens is 3. The monoisotopic (exact) mass is 280 g/mol. The number of rotatable bonds is 4. The number of nitrogens with one attached hydrogen (secondary N) is 1. The average molecular weight is 280 g/mol. The second-order valence-electron chi connectivity index (χ2n) is 4.53. The van der Waals surface area contributed by atoms with E-state index in [1.54, 1.807) is 6.20 Å². The van der Waals surface area contributed by atoms with E-state index >= 15 is 0 Å². The van der Waals surface area contributed by atoms with E-state index in [2.05, 4.69) is 15.2 Å². The van der Waals surface area contributed by atoms with Gasteiger partial charge in [-0.2, -0.15) is 5.10 Å². The van der Waals surface area contributed by atoms with Crippen molar-refractivity contribution in [3.8, 4) is 28.3 Å². The van der Waals surface area contributed by atoms with E-state index in [4.69, 9.17) is 10.5 Å². The van der Waals surface area contributed by atoms with Gasteiger partial charge in [-0.15, -0.1) is 0 Å². The standard InChI is InChI=1S/C16H16N4O/c1-2-21-12-8-6-11(7-9-12)15-14(16(17)20-19-15)13-5-3-4-10-18-13/h3-10H,2H2,1H3,(H3,17,19,20). The summed E-state index contributed by atoms with van der Waals surface area (Å²) < 4.78 is 5.45. The van der Waals surface area contributed by atoms with Crippen molar-refractivity contribution in [2.45, 2.75) is 6.92 Å². The van der Waals surface area contributed by atoms with Crippen LogP contribution >= 0.6 is 0 Å². The minimum absolute atomic E-state index is 0.442. The van der Waals surface area contributed by atoms with Gasteiger partial charge < -0.3 is 10.5 Å². The van der Waals surface area contributed by atoms with Crippen molar-refractivity contribution in [3.05, 3.63) is 48.7 Å². The molecule has 0 aliphatic carbocycles. The first-order chi connectivity index (χ1) is 10.3. The Labute approximate surface area is 122 Å². The first-order valence-electron chi connectivity index (χ1n) is 6.78. The number of nitrogens with two attached hydrogens (primary N) is 1. The summed E-state index contributed by atoms with van der Waals surface area (Å²) in [6, 6.07) is 13.5. The molecule has 0 amide bonds. The summed E-state index contributed by atoms with van der Waals surface area (Å²) in [6.07, 6.45) is 1.74. The minimum atomic E-state index is 0.442. The fourth-order valence-corrected chi connectivity index (χ4v) is 2.22. The Morgan fingerprint density at radius 1 is 1.14 bits per heavy atom. The van der Waals surface area contributed by atoms with Crippen LogP contribution in [0, 0.1) is 0 Å². The Balaban J connectivity index is 2.03. The number of nitrogens with zero attached hydrogens (tertiary/aromatic N) is 2. The maximum Gasteiger partial charge on any atom is 0.155 e. The quantitative estimate of drug-likeness (QED) is 0.769. The van der Waals surface area contributed by atoms with Crippen LogP contribution in [0.3, 0.4) is 0 Å². The van der Waals surface area contributed by atoms with Crippen LogP contribution in [0.5, 0.6) is 5.75 Å². The van der Waals surface area contributed by atoms with Crippen LogP contribution in [0.2, 0.25) is 0 Å². The zero-order valence-corrected chi connectivity index (χ0v) is 11.7. The highest BCUT2D eigenvalue weighted by atomic mass is 16.5. The van der Waals surface area contributed by atoms with Gasteiger partial charge in [-0.1, -0.05) is 6.07 Å². The summed E-state index contributed by atoms with van der Waals surface area (Å²) in [7, 11) is 0. The molecule has 0 aliphatic rings. The van der Waals surface area contributed by atoms with Crippen molar-refractivity contribution >= 4 is 5.82 Å². The second-order valence-corrected chi connectivity index (χ2v) is 4.53. The molecule has 0 bridgehead atoms. The van der Waals surface area contributed by atoms with Crippen LogP contribution < -0.4 is 10.5 Å². The van der Waals surface area contributed by atoms with Crippen LogP contribution in [0.4, 0.5) is 5.82 Å². The van der Waals surface area contributed by atoms with Gasteiger partial charge in [0.25, 0.3) is 0 Å². The Morgan fingerprint density at radius 2 is 1.95 bits per heavy atom. The molecule has 2 heterocycles. The number of hydrogen-bond donors (Lipinski definition) is 2. The number of ether oxygens (including phenoxy) is 1. The summed E-state index contributed by atoms with van der Waals surface area (Å²) >= 11 is 0. The minimum Gasteiger partial charge on any atom is -0.494 e. The molecule has 0 saturated carbocycles. The fourth-order valence-electron chi connectivity index (χ4n) is 2.22. The van der Waals surface area contributed by atoms with Gasteiger partial charge >= 0.3 is 0 Å². The van der Waals surface area contributed by atoms with Crippen molar-refractivity contribution in [3.63, 3.8) is 0 Å². The zero-order chi connectivity index (χ0) is 14.7. The largest absolute Gasteiger partial charge is 0.494 e. The summed E-state index contributed by atoms with van der Waals surface area (Å²) in [4.78, 5) is 4.35. The molecular formula is C16H16N4O. The molecule has 5 nitrogen and oxygen atoms in total. The first kappa shape index (κ1) is 13.2. The normalized spacial score (nSPS) is 10.5. The SMILES string of the molecule is CCOc1ccc(-c2[nH]nc(N)c2-c2ccccn2)cc1. The zero-order valence-electron chi connectivity index (χ0n) is 11.7. The Kier molecular flexibility index (Phi) is 3.55. The van der Waals surface area contributed by atoms with Gasteiger partial charge in [-0.25, -0.2) is 0 Å². The van der Waals surface area contributed by atoms with E-state index in [9.17, 15) is 0 Å². The fraction of sp³-hybridized carbons (Fsp3) is 0.125. The van der Waals surface area contributed by atoms with Crippen LogP contribution in [-0.4, -0.2) is 21.8 Å². The lowest BCUT2D eigenvalue weighted by atomic mass is 10.0. The summed E-state index contributed by atoms with van der Waals surface area (Å²) in [5, 5.41) is 7.09. The highest BCUT2D eigenvalue weighted by Gasteiger charge is 2.15. The highest BCUT2D eigenvalue weighted by Crippen LogP contribution is 2.33. The van der Waals surface area contributed by atoms with Crippen LogP contribution in [0.1, 0.15) is 6.92 Å². The Morgan fingerprint density at radius 3 is 2.62 bits per heavy atom. The van der Waals surface area contributed by atoms with E-state index in [0.717, 1.165) is 28.3 Å². The molecule has 3 N–H and O–H groups in total. The third-order valence-corrected chi connectivity index (χ3v) is 3.17. The summed E-state index contributed by atoms with van der Waals surface area (Å²) in [5.74, 6) is 1.28. The van der Waals surface area contributed by atoms with E-state index in [1.165, 1.54) is 0 Å². The third kappa shape index (κ3) is 2.58. The average Bonchev–Trinajstić information content (AvgIpc) is 2.91. The van der Waals surface area contributed by atoms with Gasteiger partial charge in [-0.05, 0) is 43.3 Å². The van der Waals surface area contributed by atoms with Gasteiger partial charge in [0.05, 0.1) is 23.6 Å². The maximum absolute atomic E-state index is 5.98. The summed E-state index contributed by atoms with van der Waals surface area (Å²) in [6.45, 7) is 2.61. The van der Waals surface area contributed by atoms with E-state index in [0.29, 0.717) is 12.4 Å². The van der Waals surface area contributed by atoms with Gasteiger partial charge in [0, 0.05) is 11.8 Å². The van der Waals surface area contributed by atoms with Crippen molar-refractivity contribution in [1.82, 2.24) is 15.2 Å². The van der Waals surface area contributed by atoms with Crippen molar-refractivity contribution in [2.24, 2.45) is 0 Å².